The summed E-state index contributed by atoms with van der Waals surface area (Å²) in [5, 5.41) is 2.90. The number of ether oxygens (including phenoxy) is 3. The summed E-state index contributed by atoms with van der Waals surface area (Å²) in [5.41, 5.74) is 0.0155. The Hall–Kier alpha value is -2.96. The number of carbonyl (C=O) groups is 1. The number of nitrogens with zero attached hydrogens (tertiary/aromatic N) is 4. The van der Waals surface area contributed by atoms with E-state index in [2.05, 4.69) is 20.2 Å². The van der Waals surface area contributed by atoms with Crippen molar-refractivity contribution in [3.8, 4) is 6.01 Å². The van der Waals surface area contributed by atoms with Crippen molar-refractivity contribution in [2.45, 2.75) is 50.6 Å². The number of nitrogens with one attached hydrogen (secondary N) is 1. The van der Waals surface area contributed by atoms with Crippen LogP contribution < -0.4 is 10.1 Å². The Morgan fingerprint density at radius 3 is 2.66 bits per heavy atom. The molecular formula is C26H32F3N5O4. The Morgan fingerprint density at radius 1 is 1.13 bits per heavy atom. The van der Waals surface area contributed by atoms with Gasteiger partial charge in [0.1, 0.15) is 11.5 Å². The number of anilines is 2. The molecule has 1 aromatic carbocycles. The number of rotatable bonds is 5. The number of fused-ring (bicyclic) bond motifs is 1. The van der Waals surface area contributed by atoms with Crippen LogP contribution in [0.25, 0.3) is 0 Å². The number of carbonyl (C=O) groups excluding carboxylic acids is 1. The van der Waals surface area contributed by atoms with E-state index in [1.807, 2.05) is 0 Å². The third-order valence-corrected chi connectivity index (χ3v) is 7.56. The van der Waals surface area contributed by atoms with E-state index in [1.54, 1.807) is 11.8 Å². The van der Waals surface area contributed by atoms with E-state index in [4.69, 9.17) is 14.2 Å². The maximum absolute atomic E-state index is 13.5. The first kappa shape index (κ1) is 26.6. The molecule has 2 atom stereocenters. The largest absolute Gasteiger partial charge is 0.467 e. The van der Waals surface area contributed by atoms with Gasteiger partial charge in [-0.1, -0.05) is 6.07 Å². The summed E-state index contributed by atoms with van der Waals surface area (Å²) in [6.07, 6.45) is -1.74. The summed E-state index contributed by atoms with van der Waals surface area (Å²) in [4.78, 5) is 26.4. The van der Waals surface area contributed by atoms with Gasteiger partial charge in [0.25, 0.3) is 5.91 Å². The first-order valence-corrected chi connectivity index (χ1v) is 12.9. The quantitative estimate of drug-likeness (QED) is 0.621. The lowest BCUT2D eigenvalue weighted by Gasteiger charge is -2.49. The maximum Gasteiger partial charge on any atom is 0.416 e. The Balaban J connectivity index is 1.30. The Labute approximate surface area is 219 Å². The molecule has 0 spiro atoms. The Morgan fingerprint density at radius 2 is 1.92 bits per heavy atom. The van der Waals surface area contributed by atoms with Gasteiger partial charge in [0, 0.05) is 49.6 Å². The Bertz CT molecular complexity index is 1150. The van der Waals surface area contributed by atoms with Crippen molar-refractivity contribution in [1.82, 2.24) is 19.8 Å². The molecule has 1 aromatic heterocycles. The number of benzene rings is 1. The fraction of sp³-hybridized carbons (Fsp3) is 0.577. The lowest BCUT2D eigenvalue weighted by atomic mass is 9.95. The van der Waals surface area contributed by atoms with Crippen LogP contribution in [0.15, 0.2) is 24.3 Å². The molecule has 9 nitrogen and oxygen atoms in total. The standard InChI is InChI=1S/C26H32F3N5O4/c1-16-22(31-25(36-2)32-23(16)30-18-5-3-4-17(14-18)26(27,28)29)24(35)33-9-6-19(7-10-33)34-11-13-38-21-15-37-12-8-20(21)34/h3-5,14,19-21H,6-13,15H2,1-2H3,(H,30,31,32). The molecule has 3 aliphatic heterocycles. The zero-order valence-corrected chi connectivity index (χ0v) is 21.5. The molecule has 0 bridgehead atoms. The van der Waals surface area contributed by atoms with Crippen LogP contribution >= 0.6 is 0 Å². The number of piperidine rings is 1. The van der Waals surface area contributed by atoms with Gasteiger partial charge >= 0.3 is 12.2 Å². The number of morpholine rings is 1. The fourth-order valence-corrected chi connectivity index (χ4v) is 5.55. The SMILES string of the molecule is COc1nc(Nc2cccc(C(F)(F)F)c2)c(C)c(C(=O)N2CCC(N3CCOC4COCCC43)CC2)n1. The van der Waals surface area contributed by atoms with Crippen LogP contribution in [0.2, 0.25) is 0 Å². The maximum atomic E-state index is 13.5. The second kappa shape index (κ2) is 11.0. The molecule has 0 aliphatic carbocycles. The minimum atomic E-state index is -4.48. The number of likely N-dealkylation sites (tertiary alicyclic amines) is 1. The van der Waals surface area contributed by atoms with Gasteiger partial charge in [-0.15, -0.1) is 0 Å². The van der Waals surface area contributed by atoms with Gasteiger partial charge in [-0.25, -0.2) is 0 Å². The van der Waals surface area contributed by atoms with E-state index in [1.165, 1.54) is 19.2 Å². The molecule has 206 valence electrons. The molecular weight excluding hydrogens is 503 g/mol. The molecule has 3 aliphatic rings. The van der Waals surface area contributed by atoms with Crippen molar-refractivity contribution in [2.75, 3.05) is 51.9 Å². The fourth-order valence-electron chi connectivity index (χ4n) is 5.55. The highest BCUT2D eigenvalue weighted by atomic mass is 19.4. The van der Waals surface area contributed by atoms with Gasteiger partial charge in [-0.3, -0.25) is 9.69 Å². The van der Waals surface area contributed by atoms with Crippen LogP contribution in [0.5, 0.6) is 6.01 Å². The highest BCUT2D eigenvalue weighted by Crippen LogP contribution is 2.33. The van der Waals surface area contributed by atoms with Gasteiger partial charge < -0.3 is 24.4 Å². The van der Waals surface area contributed by atoms with Crippen LogP contribution in [-0.2, 0) is 15.7 Å². The van der Waals surface area contributed by atoms with Crippen LogP contribution in [-0.4, -0.2) is 90.4 Å². The minimum Gasteiger partial charge on any atom is -0.467 e. The lowest BCUT2D eigenvalue weighted by Crippen LogP contribution is -2.60. The molecule has 1 amide bonds. The highest BCUT2D eigenvalue weighted by Gasteiger charge is 2.40. The molecule has 5 rings (SSSR count). The van der Waals surface area contributed by atoms with Gasteiger partial charge in [-0.05, 0) is 44.4 Å². The van der Waals surface area contributed by atoms with Crippen molar-refractivity contribution >= 4 is 17.4 Å². The lowest BCUT2D eigenvalue weighted by molar-refractivity contribution is -0.148. The summed E-state index contributed by atoms with van der Waals surface area (Å²) in [7, 11) is 1.38. The second-order valence-corrected chi connectivity index (χ2v) is 9.84. The predicted octanol–water partition coefficient (Wildman–Crippen LogP) is 3.65. The zero-order chi connectivity index (χ0) is 26.9. The molecule has 0 radical (unpaired) electrons. The number of hydrogen-bond donors (Lipinski definition) is 1. The van der Waals surface area contributed by atoms with Crippen LogP contribution in [0.1, 0.15) is 40.9 Å². The Kier molecular flexibility index (Phi) is 7.73. The molecule has 1 N–H and O–H groups in total. The van der Waals surface area contributed by atoms with Gasteiger partial charge in [-0.2, -0.15) is 23.1 Å². The number of aromatic nitrogens is 2. The van der Waals surface area contributed by atoms with E-state index in [0.717, 1.165) is 44.5 Å². The van der Waals surface area contributed by atoms with Crippen molar-refractivity contribution in [2.24, 2.45) is 0 Å². The molecule has 2 unspecified atom stereocenters. The molecule has 38 heavy (non-hydrogen) atoms. The molecule has 4 heterocycles. The summed E-state index contributed by atoms with van der Waals surface area (Å²) < 4.78 is 56.2. The van der Waals surface area contributed by atoms with Crippen LogP contribution in [0.4, 0.5) is 24.7 Å². The minimum absolute atomic E-state index is 0.0396. The van der Waals surface area contributed by atoms with Crippen molar-refractivity contribution < 1.29 is 32.2 Å². The number of hydrogen-bond acceptors (Lipinski definition) is 8. The van der Waals surface area contributed by atoms with E-state index < -0.39 is 11.7 Å². The number of methoxy groups -OCH3 is 1. The number of halogens is 3. The molecule has 0 saturated carbocycles. The van der Waals surface area contributed by atoms with Crippen molar-refractivity contribution in [3.05, 3.63) is 41.1 Å². The van der Waals surface area contributed by atoms with E-state index in [9.17, 15) is 18.0 Å². The molecule has 3 fully saturated rings. The number of amides is 1. The topological polar surface area (TPSA) is 89.1 Å². The highest BCUT2D eigenvalue weighted by molar-refractivity contribution is 5.95. The average Bonchev–Trinajstić information content (AvgIpc) is 2.93. The van der Waals surface area contributed by atoms with E-state index in [-0.39, 0.29) is 35.2 Å². The van der Waals surface area contributed by atoms with Crippen molar-refractivity contribution in [3.63, 3.8) is 0 Å². The predicted molar refractivity (Wildman–Crippen MR) is 133 cm³/mol. The van der Waals surface area contributed by atoms with Crippen LogP contribution in [0.3, 0.4) is 0 Å². The van der Waals surface area contributed by atoms with Gasteiger partial charge in [0.2, 0.25) is 0 Å². The summed E-state index contributed by atoms with van der Waals surface area (Å²) >= 11 is 0. The van der Waals surface area contributed by atoms with Crippen molar-refractivity contribution in [1.29, 1.82) is 0 Å². The average molecular weight is 536 g/mol. The summed E-state index contributed by atoms with van der Waals surface area (Å²) in [6, 6.07) is 5.49. The monoisotopic (exact) mass is 535 g/mol. The van der Waals surface area contributed by atoms with E-state index in [0.29, 0.717) is 44.0 Å². The summed E-state index contributed by atoms with van der Waals surface area (Å²) in [6.45, 7) is 5.77. The normalized spacial score (nSPS) is 23.1. The third kappa shape index (κ3) is 5.57. The zero-order valence-electron chi connectivity index (χ0n) is 21.5. The summed E-state index contributed by atoms with van der Waals surface area (Å²) in [5.74, 6) is -0.0343. The second-order valence-electron chi connectivity index (χ2n) is 9.84. The van der Waals surface area contributed by atoms with Crippen LogP contribution in [0, 0.1) is 6.92 Å². The van der Waals surface area contributed by atoms with Gasteiger partial charge in [0.05, 0.1) is 32.0 Å². The first-order chi connectivity index (χ1) is 18.2. The first-order valence-electron chi connectivity index (χ1n) is 12.9. The van der Waals surface area contributed by atoms with E-state index >= 15 is 0 Å². The molecule has 12 heteroatoms. The third-order valence-electron chi connectivity index (χ3n) is 7.56. The molecule has 2 aromatic rings. The smallest absolute Gasteiger partial charge is 0.416 e. The molecule has 3 saturated heterocycles. The van der Waals surface area contributed by atoms with Gasteiger partial charge in [0.15, 0.2) is 0 Å². The number of alkyl halides is 3.